The molecular weight excluding hydrogens is 238 g/mol. The van der Waals surface area contributed by atoms with Crippen LogP contribution >= 0.6 is 0 Å². The van der Waals surface area contributed by atoms with Gasteiger partial charge in [-0.1, -0.05) is 19.3 Å². The molecule has 1 saturated carbocycles. The number of aryl methyl sites for hydroxylation is 1. The van der Waals surface area contributed by atoms with Crippen molar-refractivity contribution in [2.24, 2.45) is 0 Å². The SMILES string of the molecule is Cc1cc(C#N)cc(C2(C(=O)O)CCCCC2)c1C. The molecule has 3 nitrogen and oxygen atoms in total. The van der Waals surface area contributed by atoms with E-state index in [4.69, 9.17) is 5.26 Å². The summed E-state index contributed by atoms with van der Waals surface area (Å²) in [6, 6.07) is 5.75. The average Bonchev–Trinajstić information content (AvgIpc) is 2.42. The molecule has 3 heteroatoms. The molecule has 0 radical (unpaired) electrons. The van der Waals surface area contributed by atoms with E-state index in [9.17, 15) is 9.90 Å². The maximum atomic E-state index is 11.9. The molecule has 2 rings (SSSR count). The number of rotatable bonds is 2. The topological polar surface area (TPSA) is 61.1 Å². The highest BCUT2D eigenvalue weighted by Gasteiger charge is 2.42. The van der Waals surface area contributed by atoms with Crippen LogP contribution in [0.25, 0.3) is 0 Å². The molecule has 1 aromatic rings. The summed E-state index contributed by atoms with van der Waals surface area (Å²) in [4.78, 5) is 11.9. The van der Waals surface area contributed by atoms with Crippen molar-refractivity contribution in [1.29, 1.82) is 5.26 Å². The summed E-state index contributed by atoms with van der Waals surface area (Å²) < 4.78 is 0. The Morgan fingerprint density at radius 2 is 1.89 bits per heavy atom. The number of aliphatic carboxylic acids is 1. The predicted molar refractivity (Wildman–Crippen MR) is 73.0 cm³/mol. The van der Waals surface area contributed by atoms with Crippen molar-refractivity contribution >= 4 is 5.97 Å². The number of carboxylic acid groups (broad SMARTS) is 1. The lowest BCUT2D eigenvalue weighted by atomic mass is 9.67. The number of hydrogen-bond donors (Lipinski definition) is 1. The summed E-state index contributed by atoms with van der Waals surface area (Å²) in [5, 5.41) is 18.8. The molecule has 0 atom stereocenters. The molecule has 1 aromatic carbocycles. The molecule has 1 N–H and O–H groups in total. The first-order valence-electron chi connectivity index (χ1n) is 6.76. The molecular formula is C16H19NO2. The molecule has 1 aliphatic rings. The summed E-state index contributed by atoms with van der Waals surface area (Å²) in [5.41, 5.74) is 2.63. The second-order valence-electron chi connectivity index (χ2n) is 5.53. The van der Waals surface area contributed by atoms with Gasteiger partial charge in [-0.3, -0.25) is 4.79 Å². The average molecular weight is 257 g/mol. The normalized spacial score (nSPS) is 17.7. The Hall–Kier alpha value is -1.82. The van der Waals surface area contributed by atoms with Crippen LogP contribution in [0.4, 0.5) is 0 Å². The monoisotopic (exact) mass is 257 g/mol. The van der Waals surface area contributed by atoms with Crippen LogP contribution in [0.15, 0.2) is 12.1 Å². The second kappa shape index (κ2) is 5.05. The summed E-state index contributed by atoms with van der Waals surface area (Å²) >= 11 is 0. The first kappa shape index (κ1) is 13.6. The van der Waals surface area contributed by atoms with E-state index in [1.54, 1.807) is 6.07 Å². The zero-order valence-corrected chi connectivity index (χ0v) is 11.5. The van der Waals surface area contributed by atoms with Crippen molar-refractivity contribution in [2.75, 3.05) is 0 Å². The van der Waals surface area contributed by atoms with E-state index in [0.29, 0.717) is 18.4 Å². The zero-order valence-electron chi connectivity index (χ0n) is 11.5. The van der Waals surface area contributed by atoms with Crippen molar-refractivity contribution in [1.82, 2.24) is 0 Å². The van der Waals surface area contributed by atoms with E-state index >= 15 is 0 Å². The van der Waals surface area contributed by atoms with Crippen LogP contribution in [0.5, 0.6) is 0 Å². The summed E-state index contributed by atoms with van der Waals surface area (Å²) in [6.07, 6.45) is 4.35. The van der Waals surface area contributed by atoms with E-state index in [2.05, 4.69) is 6.07 Å². The molecule has 0 heterocycles. The fourth-order valence-electron chi connectivity index (χ4n) is 3.17. The van der Waals surface area contributed by atoms with Gasteiger partial charge < -0.3 is 5.11 Å². The van der Waals surface area contributed by atoms with Gasteiger partial charge in [0.2, 0.25) is 0 Å². The van der Waals surface area contributed by atoms with Crippen LogP contribution < -0.4 is 0 Å². The summed E-state index contributed by atoms with van der Waals surface area (Å²) in [5.74, 6) is -0.746. The Bertz CT molecular complexity index is 549. The van der Waals surface area contributed by atoms with Gasteiger partial charge >= 0.3 is 5.97 Å². The first-order valence-corrected chi connectivity index (χ1v) is 6.76. The largest absolute Gasteiger partial charge is 0.481 e. The fourth-order valence-corrected chi connectivity index (χ4v) is 3.17. The van der Waals surface area contributed by atoms with Crippen LogP contribution in [0.2, 0.25) is 0 Å². The minimum Gasteiger partial charge on any atom is -0.481 e. The van der Waals surface area contributed by atoms with Gasteiger partial charge in [0.1, 0.15) is 0 Å². The van der Waals surface area contributed by atoms with E-state index in [0.717, 1.165) is 36.0 Å². The van der Waals surface area contributed by atoms with Gasteiger partial charge in [-0.05, 0) is 55.5 Å². The van der Waals surface area contributed by atoms with Gasteiger partial charge in [-0.2, -0.15) is 5.26 Å². The number of benzene rings is 1. The third-order valence-corrected chi connectivity index (χ3v) is 4.43. The van der Waals surface area contributed by atoms with Crippen molar-refractivity contribution < 1.29 is 9.90 Å². The Balaban J connectivity index is 2.63. The maximum Gasteiger partial charge on any atom is 0.314 e. The van der Waals surface area contributed by atoms with E-state index in [1.807, 2.05) is 19.9 Å². The van der Waals surface area contributed by atoms with Crippen LogP contribution in [-0.2, 0) is 10.2 Å². The third-order valence-electron chi connectivity index (χ3n) is 4.43. The first-order chi connectivity index (χ1) is 9.01. The highest BCUT2D eigenvalue weighted by molar-refractivity contribution is 5.82. The highest BCUT2D eigenvalue weighted by atomic mass is 16.4. The smallest absolute Gasteiger partial charge is 0.314 e. The van der Waals surface area contributed by atoms with Crippen LogP contribution in [0, 0.1) is 25.2 Å². The molecule has 0 saturated heterocycles. The summed E-state index contributed by atoms with van der Waals surface area (Å²) in [6.45, 7) is 3.91. The van der Waals surface area contributed by atoms with Crippen LogP contribution in [-0.4, -0.2) is 11.1 Å². The zero-order chi connectivity index (χ0) is 14.0. The Morgan fingerprint density at radius 1 is 1.26 bits per heavy atom. The quantitative estimate of drug-likeness (QED) is 0.882. The van der Waals surface area contributed by atoms with Crippen molar-refractivity contribution in [2.45, 2.75) is 51.4 Å². The standard InChI is InChI=1S/C16H19NO2/c1-11-8-13(10-17)9-14(12(11)2)16(15(18)19)6-4-3-5-7-16/h8-9H,3-7H2,1-2H3,(H,18,19). The molecule has 0 unspecified atom stereocenters. The van der Waals surface area contributed by atoms with E-state index < -0.39 is 11.4 Å². The molecule has 0 spiro atoms. The Morgan fingerprint density at radius 3 is 2.42 bits per heavy atom. The molecule has 100 valence electrons. The second-order valence-corrected chi connectivity index (χ2v) is 5.53. The van der Waals surface area contributed by atoms with Crippen LogP contribution in [0.1, 0.15) is 54.4 Å². The van der Waals surface area contributed by atoms with Gasteiger partial charge in [0.15, 0.2) is 0 Å². The summed E-state index contributed by atoms with van der Waals surface area (Å²) in [7, 11) is 0. The van der Waals surface area contributed by atoms with Crippen molar-refractivity contribution in [3.8, 4) is 6.07 Å². The van der Waals surface area contributed by atoms with Gasteiger partial charge in [0, 0.05) is 0 Å². The molecule has 19 heavy (non-hydrogen) atoms. The lowest BCUT2D eigenvalue weighted by Gasteiger charge is -2.35. The van der Waals surface area contributed by atoms with Crippen LogP contribution in [0.3, 0.4) is 0 Å². The molecule has 0 bridgehead atoms. The van der Waals surface area contributed by atoms with E-state index in [-0.39, 0.29) is 0 Å². The lowest BCUT2D eigenvalue weighted by Crippen LogP contribution is -2.38. The fraction of sp³-hybridized carbons (Fsp3) is 0.500. The number of carboxylic acids is 1. The number of nitrogens with zero attached hydrogens (tertiary/aromatic N) is 1. The molecule has 0 aliphatic heterocycles. The number of carbonyl (C=O) groups is 1. The Kier molecular flexibility index (Phi) is 3.61. The molecule has 0 amide bonds. The maximum absolute atomic E-state index is 11.9. The van der Waals surface area contributed by atoms with Crippen molar-refractivity contribution in [3.05, 3.63) is 34.4 Å². The molecule has 0 aromatic heterocycles. The number of hydrogen-bond acceptors (Lipinski definition) is 2. The molecule has 1 aliphatic carbocycles. The van der Waals surface area contributed by atoms with Gasteiger partial charge in [-0.15, -0.1) is 0 Å². The molecule has 1 fully saturated rings. The van der Waals surface area contributed by atoms with E-state index in [1.165, 1.54) is 0 Å². The highest BCUT2D eigenvalue weighted by Crippen LogP contribution is 2.42. The predicted octanol–water partition coefficient (Wildman–Crippen LogP) is 3.46. The Labute approximate surface area is 113 Å². The minimum absolute atomic E-state index is 0.560. The van der Waals surface area contributed by atoms with Gasteiger partial charge in [0.05, 0.1) is 17.0 Å². The minimum atomic E-state index is -0.792. The van der Waals surface area contributed by atoms with Gasteiger partial charge in [-0.25, -0.2) is 0 Å². The third kappa shape index (κ3) is 2.23. The number of nitriles is 1. The lowest BCUT2D eigenvalue weighted by molar-refractivity contribution is -0.145. The van der Waals surface area contributed by atoms with Crippen molar-refractivity contribution in [3.63, 3.8) is 0 Å². The van der Waals surface area contributed by atoms with Gasteiger partial charge in [0.25, 0.3) is 0 Å².